The lowest BCUT2D eigenvalue weighted by molar-refractivity contribution is -0.0216. The maximum atomic E-state index is 11.5. The van der Waals surface area contributed by atoms with Gasteiger partial charge in [-0.1, -0.05) is 60.7 Å². The summed E-state index contributed by atoms with van der Waals surface area (Å²) < 4.78 is 1.98. The molecule has 2 aromatic carbocycles. The first-order valence-corrected chi connectivity index (χ1v) is 10.8. The minimum Gasteiger partial charge on any atom is -0.382 e. The lowest BCUT2D eigenvalue weighted by Crippen LogP contribution is -2.39. The molecule has 5 rings (SSSR count). The van der Waals surface area contributed by atoms with Crippen LogP contribution < -0.4 is 0 Å². The maximum Gasteiger partial charge on any atom is 0.182 e. The molecule has 2 fully saturated rings. The fourth-order valence-corrected chi connectivity index (χ4v) is 4.55. The standard InChI is InChI=1S/C25H26N4O/c26-18-24(21-9-5-2-6-10-21)13-15-25(30,16-14-24)23-27-22(20-7-3-1-4-8-20)29(28-23)17-19-11-12-19/h1-10,19,30H,11-17H2/t24-,25-. The number of hydrogen-bond acceptors (Lipinski definition) is 4. The van der Waals surface area contributed by atoms with E-state index in [0.717, 1.165) is 23.5 Å². The molecule has 0 saturated heterocycles. The number of nitriles is 1. The molecule has 3 aromatic rings. The number of aromatic nitrogens is 3. The molecule has 2 aliphatic rings. The Hall–Kier alpha value is -2.97. The largest absolute Gasteiger partial charge is 0.382 e. The van der Waals surface area contributed by atoms with Gasteiger partial charge in [0.2, 0.25) is 0 Å². The molecule has 0 bridgehead atoms. The van der Waals surface area contributed by atoms with Gasteiger partial charge in [-0.2, -0.15) is 10.4 Å². The molecule has 1 N–H and O–H groups in total. The van der Waals surface area contributed by atoms with Crippen LogP contribution in [0.25, 0.3) is 11.4 Å². The summed E-state index contributed by atoms with van der Waals surface area (Å²) in [6.07, 6.45) is 4.63. The second kappa shape index (κ2) is 7.37. The van der Waals surface area contributed by atoms with E-state index in [1.54, 1.807) is 0 Å². The van der Waals surface area contributed by atoms with Gasteiger partial charge in [-0.25, -0.2) is 9.67 Å². The van der Waals surface area contributed by atoms with Crippen molar-refractivity contribution in [1.82, 2.24) is 14.8 Å². The summed E-state index contributed by atoms with van der Waals surface area (Å²) in [6.45, 7) is 0.847. The van der Waals surface area contributed by atoms with E-state index < -0.39 is 11.0 Å². The second-order valence-corrected chi connectivity index (χ2v) is 8.84. The Kier molecular flexibility index (Phi) is 4.67. The zero-order valence-electron chi connectivity index (χ0n) is 17.0. The Morgan fingerprint density at radius 1 is 0.967 bits per heavy atom. The van der Waals surface area contributed by atoms with E-state index in [2.05, 4.69) is 6.07 Å². The van der Waals surface area contributed by atoms with Gasteiger partial charge < -0.3 is 5.11 Å². The van der Waals surface area contributed by atoms with E-state index in [1.807, 2.05) is 65.3 Å². The average Bonchev–Trinajstić information content (AvgIpc) is 3.52. The van der Waals surface area contributed by atoms with Crippen molar-refractivity contribution in [3.63, 3.8) is 0 Å². The molecule has 0 spiro atoms. The summed E-state index contributed by atoms with van der Waals surface area (Å²) in [6, 6.07) is 22.6. The van der Waals surface area contributed by atoms with Gasteiger partial charge in [0.25, 0.3) is 0 Å². The average molecular weight is 399 g/mol. The molecule has 1 heterocycles. The van der Waals surface area contributed by atoms with Crippen molar-refractivity contribution in [3.05, 3.63) is 72.1 Å². The lowest BCUT2D eigenvalue weighted by atomic mass is 9.66. The Morgan fingerprint density at radius 3 is 2.20 bits per heavy atom. The second-order valence-electron chi connectivity index (χ2n) is 8.84. The van der Waals surface area contributed by atoms with Gasteiger partial charge in [-0.15, -0.1) is 0 Å². The summed E-state index contributed by atoms with van der Waals surface area (Å²) in [5.74, 6) is 1.99. The van der Waals surface area contributed by atoms with E-state index in [0.29, 0.717) is 37.4 Å². The summed E-state index contributed by atoms with van der Waals surface area (Å²) in [5.41, 5.74) is 0.415. The molecule has 2 aliphatic carbocycles. The van der Waals surface area contributed by atoms with E-state index in [1.165, 1.54) is 12.8 Å². The summed E-state index contributed by atoms with van der Waals surface area (Å²) >= 11 is 0. The topological polar surface area (TPSA) is 74.7 Å². The number of rotatable bonds is 5. The highest BCUT2D eigenvalue weighted by atomic mass is 16.3. The Bertz CT molecular complexity index is 1060. The Morgan fingerprint density at radius 2 is 1.60 bits per heavy atom. The highest BCUT2D eigenvalue weighted by Crippen LogP contribution is 2.46. The van der Waals surface area contributed by atoms with Crippen LogP contribution in [0.5, 0.6) is 0 Å². The van der Waals surface area contributed by atoms with Crippen LogP contribution in [0.3, 0.4) is 0 Å². The zero-order chi connectivity index (χ0) is 20.6. The van der Waals surface area contributed by atoms with Crippen LogP contribution in [-0.4, -0.2) is 19.9 Å². The van der Waals surface area contributed by atoms with Gasteiger partial charge in [0.05, 0.1) is 11.5 Å². The van der Waals surface area contributed by atoms with Gasteiger partial charge in [-0.3, -0.25) is 0 Å². The van der Waals surface area contributed by atoms with Crippen molar-refractivity contribution in [2.45, 2.75) is 56.1 Å². The molecule has 0 aliphatic heterocycles. The molecule has 5 heteroatoms. The minimum absolute atomic E-state index is 0.483. The van der Waals surface area contributed by atoms with Crippen LogP contribution in [0.2, 0.25) is 0 Å². The first kappa shape index (κ1) is 19.0. The van der Waals surface area contributed by atoms with Crippen molar-refractivity contribution >= 4 is 0 Å². The molecule has 1 aromatic heterocycles. The van der Waals surface area contributed by atoms with Crippen molar-refractivity contribution in [1.29, 1.82) is 5.26 Å². The molecule has 0 atom stereocenters. The molecule has 0 unspecified atom stereocenters. The third kappa shape index (κ3) is 3.42. The van der Waals surface area contributed by atoms with E-state index in [4.69, 9.17) is 10.1 Å². The molecule has 152 valence electrons. The molecule has 0 amide bonds. The summed E-state index contributed by atoms with van der Waals surface area (Å²) in [7, 11) is 0. The van der Waals surface area contributed by atoms with Crippen molar-refractivity contribution < 1.29 is 5.11 Å². The molecular weight excluding hydrogens is 372 g/mol. The molecule has 2 saturated carbocycles. The monoisotopic (exact) mass is 398 g/mol. The minimum atomic E-state index is -1.09. The van der Waals surface area contributed by atoms with Crippen LogP contribution in [0.1, 0.15) is 49.9 Å². The van der Waals surface area contributed by atoms with Crippen LogP contribution in [0.4, 0.5) is 0 Å². The predicted octanol–water partition coefficient (Wildman–Crippen LogP) is 4.58. The first-order valence-electron chi connectivity index (χ1n) is 10.8. The highest BCUT2D eigenvalue weighted by molar-refractivity contribution is 5.55. The van der Waals surface area contributed by atoms with E-state index in [9.17, 15) is 10.4 Å². The number of benzene rings is 2. The molecular formula is C25H26N4O. The van der Waals surface area contributed by atoms with E-state index in [-0.39, 0.29) is 0 Å². The van der Waals surface area contributed by atoms with Gasteiger partial charge in [-0.05, 0) is 50.0 Å². The third-order valence-electron chi connectivity index (χ3n) is 6.72. The maximum absolute atomic E-state index is 11.5. The first-order chi connectivity index (χ1) is 14.6. The van der Waals surface area contributed by atoms with Crippen molar-refractivity contribution in [2.75, 3.05) is 0 Å². The van der Waals surface area contributed by atoms with Crippen LogP contribution in [-0.2, 0) is 17.6 Å². The van der Waals surface area contributed by atoms with E-state index >= 15 is 0 Å². The van der Waals surface area contributed by atoms with Crippen molar-refractivity contribution in [3.8, 4) is 17.5 Å². The van der Waals surface area contributed by atoms with Gasteiger partial charge >= 0.3 is 0 Å². The Labute approximate surface area is 177 Å². The zero-order valence-corrected chi connectivity index (χ0v) is 17.0. The quantitative estimate of drug-likeness (QED) is 0.683. The number of hydrogen-bond donors (Lipinski definition) is 1. The van der Waals surface area contributed by atoms with Crippen LogP contribution in [0, 0.1) is 17.2 Å². The van der Waals surface area contributed by atoms with Gasteiger partial charge in [0.15, 0.2) is 11.6 Å². The van der Waals surface area contributed by atoms with Crippen LogP contribution >= 0.6 is 0 Å². The van der Waals surface area contributed by atoms with Gasteiger partial charge in [0.1, 0.15) is 5.60 Å². The fourth-order valence-electron chi connectivity index (χ4n) is 4.55. The SMILES string of the molecule is N#C[C@]1(c2ccccc2)CC[C@@](O)(c2nc(-c3ccccc3)n(CC3CC3)n2)CC1. The lowest BCUT2D eigenvalue weighted by Gasteiger charge is -2.39. The highest BCUT2D eigenvalue weighted by Gasteiger charge is 2.46. The van der Waals surface area contributed by atoms with Crippen molar-refractivity contribution in [2.24, 2.45) is 5.92 Å². The van der Waals surface area contributed by atoms with Crippen LogP contribution in [0.15, 0.2) is 60.7 Å². The smallest absolute Gasteiger partial charge is 0.182 e. The number of nitrogens with zero attached hydrogens (tertiary/aromatic N) is 4. The summed E-state index contributed by atoms with van der Waals surface area (Å²) in [4.78, 5) is 4.82. The molecule has 30 heavy (non-hydrogen) atoms. The molecule has 5 nitrogen and oxygen atoms in total. The fraction of sp³-hybridized carbons (Fsp3) is 0.400. The normalized spacial score (nSPS) is 26.3. The number of aliphatic hydroxyl groups is 1. The van der Waals surface area contributed by atoms with Gasteiger partial charge in [0, 0.05) is 12.1 Å². The third-order valence-corrected chi connectivity index (χ3v) is 6.72. The molecule has 0 radical (unpaired) electrons. The summed E-state index contributed by atoms with van der Waals surface area (Å²) in [5, 5.41) is 26.3. The Balaban J connectivity index is 1.44. The predicted molar refractivity (Wildman–Crippen MR) is 114 cm³/mol.